The highest BCUT2D eigenvalue weighted by Crippen LogP contribution is 2.20. The lowest BCUT2D eigenvalue weighted by Crippen LogP contribution is -2.50. The van der Waals surface area contributed by atoms with Crippen molar-refractivity contribution >= 4 is 10.0 Å². The molecule has 1 saturated heterocycles. The molecular formula is C12H20N2O4S. The Morgan fingerprint density at radius 1 is 1.26 bits per heavy atom. The summed E-state index contributed by atoms with van der Waals surface area (Å²) in [5, 5.41) is 8.83. The predicted octanol–water partition coefficient (Wildman–Crippen LogP) is 0.487. The number of rotatable bonds is 4. The van der Waals surface area contributed by atoms with Crippen LogP contribution in [-0.4, -0.2) is 55.0 Å². The van der Waals surface area contributed by atoms with Gasteiger partial charge in [0, 0.05) is 32.2 Å². The smallest absolute Gasteiger partial charge is 0.276 e. The van der Waals surface area contributed by atoms with E-state index >= 15 is 0 Å². The number of hydrogen-bond donors (Lipinski definition) is 1. The number of aliphatic hydroxyl groups is 1. The molecule has 2 heterocycles. The Bertz CT molecular complexity index is 516. The first-order chi connectivity index (χ1) is 8.95. The molecule has 19 heavy (non-hydrogen) atoms. The normalized spacial score (nSPS) is 19.2. The summed E-state index contributed by atoms with van der Waals surface area (Å²) in [7, 11) is -3.57. The van der Waals surface area contributed by atoms with Gasteiger partial charge in [0.15, 0.2) is 0 Å². The Morgan fingerprint density at radius 3 is 2.37 bits per heavy atom. The molecule has 1 N–H and O–H groups in total. The molecular weight excluding hydrogens is 268 g/mol. The largest absolute Gasteiger partial charge is 0.446 e. The van der Waals surface area contributed by atoms with Crippen LogP contribution < -0.4 is 0 Å². The maximum absolute atomic E-state index is 12.3. The van der Waals surface area contributed by atoms with Gasteiger partial charge in [0.2, 0.25) is 5.09 Å². The van der Waals surface area contributed by atoms with Crippen LogP contribution >= 0.6 is 0 Å². The van der Waals surface area contributed by atoms with Crippen molar-refractivity contribution in [3.63, 3.8) is 0 Å². The fourth-order valence-corrected chi connectivity index (χ4v) is 3.52. The molecule has 0 bridgehead atoms. The summed E-state index contributed by atoms with van der Waals surface area (Å²) in [6.45, 7) is 6.30. The quantitative estimate of drug-likeness (QED) is 0.872. The number of hydrogen-bond acceptors (Lipinski definition) is 5. The Labute approximate surface area is 113 Å². The molecule has 0 spiro atoms. The van der Waals surface area contributed by atoms with Crippen LogP contribution in [0.2, 0.25) is 0 Å². The molecule has 0 amide bonds. The van der Waals surface area contributed by atoms with Crippen molar-refractivity contribution in [3.05, 3.63) is 17.9 Å². The van der Waals surface area contributed by atoms with Gasteiger partial charge in [-0.1, -0.05) is 0 Å². The van der Waals surface area contributed by atoms with E-state index in [2.05, 4.69) is 18.7 Å². The highest BCUT2D eigenvalue weighted by atomic mass is 32.2. The minimum absolute atomic E-state index is 0.0884. The molecule has 1 aromatic rings. The third-order valence-corrected chi connectivity index (χ3v) is 5.16. The van der Waals surface area contributed by atoms with Gasteiger partial charge in [0.25, 0.3) is 10.0 Å². The van der Waals surface area contributed by atoms with Crippen molar-refractivity contribution in [2.75, 3.05) is 26.2 Å². The van der Waals surface area contributed by atoms with E-state index in [1.54, 1.807) is 0 Å². The van der Waals surface area contributed by atoms with E-state index in [-0.39, 0.29) is 17.5 Å². The molecule has 0 unspecified atom stereocenters. The van der Waals surface area contributed by atoms with Crippen molar-refractivity contribution in [2.24, 2.45) is 0 Å². The Kier molecular flexibility index (Phi) is 4.29. The lowest BCUT2D eigenvalue weighted by Gasteiger charge is -2.35. The zero-order valence-electron chi connectivity index (χ0n) is 11.2. The molecule has 108 valence electrons. The summed E-state index contributed by atoms with van der Waals surface area (Å²) in [4.78, 5) is 2.24. The van der Waals surface area contributed by atoms with Crippen LogP contribution in [-0.2, 0) is 16.6 Å². The van der Waals surface area contributed by atoms with Crippen LogP contribution in [0.4, 0.5) is 0 Å². The number of aliphatic hydroxyl groups excluding tert-OH is 1. The summed E-state index contributed by atoms with van der Waals surface area (Å²) in [5.41, 5.74) is 0. The first-order valence-corrected chi connectivity index (χ1v) is 7.83. The first-order valence-electron chi connectivity index (χ1n) is 6.39. The van der Waals surface area contributed by atoms with Crippen molar-refractivity contribution in [3.8, 4) is 0 Å². The molecule has 0 aromatic carbocycles. The third-order valence-electron chi connectivity index (χ3n) is 3.39. The fourth-order valence-electron chi connectivity index (χ4n) is 2.17. The van der Waals surface area contributed by atoms with Crippen molar-refractivity contribution in [1.82, 2.24) is 9.21 Å². The number of sulfonamides is 1. The zero-order chi connectivity index (χ0) is 14.0. The first kappa shape index (κ1) is 14.5. The van der Waals surface area contributed by atoms with Gasteiger partial charge >= 0.3 is 0 Å². The minimum atomic E-state index is -3.57. The van der Waals surface area contributed by atoms with Gasteiger partial charge < -0.3 is 9.52 Å². The van der Waals surface area contributed by atoms with E-state index in [0.29, 0.717) is 19.1 Å². The van der Waals surface area contributed by atoms with Gasteiger partial charge in [-0.15, -0.1) is 0 Å². The van der Waals surface area contributed by atoms with E-state index < -0.39 is 10.0 Å². The van der Waals surface area contributed by atoms with E-state index in [4.69, 9.17) is 9.52 Å². The second-order valence-corrected chi connectivity index (χ2v) is 6.78. The second kappa shape index (κ2) is 5.62. The molecule has 0 atom stereocenters. The van der Waals surface area contributed by atoms with Crippen LogP contribution in [0.5, 0.6) is 0 Å². The van der Waals surface area contributed by atoms with Crippen LogP contribution in [0.3, 0.4) is 0 Å². The molecule has 0 saturated carbocycles. The standard InChI is InChI=1S/C12H20N2O4S/c1-10(2)13-5-7-14(8-6-13)19(16,17)12-4-3-11(9-15)18-12/h3-4,10,15H,5-9H2,1-2H3. The monoisotopic (exact) mass is 288 g/mol. The van der Waals surface area contributed by atoms with Crippen molar-refractivity contribution in [2.45, 2.75) is 31.6 Å². The third kappa shape index (κ3) is 3.00. The minimum Gasteiger partial charge on any atom is -0.446 e. The van der Waals surface area contributed by atoms with Gasteiger partial charge in [0.05, 0.1) is 0 Å². The summed E-state index contributed by atoms with van der Waals surface area (Å²) in [6, 6.07) is 3.31. The highest BCUT2D eigenvalue weighted by molar-refractivity contribution is 7.89. The lowest BCUT2D eigenvalue weighted by atomic mass is 10.3. The molecule has 0 radical (unpaired) electrons. The SMILES string of the molecule is CC(C)N1CCN(S(=O)(=O)c2ccc(CO)o2)CC1. The Morgan fingerprint density at radius 2 is 1.89 bits per heavy atom. The van der Waals surface area contributed by atoms with Crippen molar-refractivity contribution < 1.29 is 17.9 Å². The van der Waals surface area contributed by atoms with Crippen LogP contribution in [0, 0.1) is 0 Å². The average Bonchev–Trinajstić information content (AvgIpc) is 2.88. The number of furan rings is 1. The summed E-state index contributed by atoms with van der Waals surface area (Å²) < 4.78 is 31.2. The molecule has 2 rings (SSSR count). The molecule has 1 aliphatic rings. The summed E-state index contributed by atoms with van der Waals surface area (Å²) >= 11 is 0. The van der Waals surface area contributed by atoms with E-state index in [1.165, 1.54) is 16.4 Å². The van der Waals surface area contributed by atoms with Gasteiger partial charge in [-0.05, 0) is 26.0 Å². The lowest BCUT2D eigenvalue weighted by molar-refractivity contribution is 0.152. The van der Waals surface area contributed by atoms with E-state index in [0.717, 1.165) is 13.1 Å². The van der Waals surface area contributed by atoms with Gasteiger partial charge in [-0.2, -0.15) is 4.31 Å². The van der Waals surface area contributed by atoms with E-state index in [1.807, 2.05) is 0 Å². The topological polar surface area (TPSA) is 74.0 Å². The highest BCUT2D eigenvalue weighted by Gasteiger charge is 2.31. The summed E-state index contributed by atoms with van der Waals surface area (Å²) in [6.07, 6.45) is 0. The second-order valence-electron chi connectivity index (χ2n) is 4.91. The average molecular weight is 288 g/mol. The van der Waals surface area contributed by atoms with E-state index in [9.17, 15) is 8.42 Å². The summed E-state index contributed by atoms with van der Waals surface area (Å²) in [5.74, 6) is 0.263. The Hall–Kier alpha value is -0.890. The molecule has 0 aliphatic carbocycles. The van der Waals surface area contributed by atoms with Gasteiger partial charge in [-0.25, -0.2) is 8.42 Å². The number of nitrogens with zero attached hydrogens (tertiary/aromatic N) is 2. The molecule has 7 heteroatoms. The van der Waals surface area contributed by atoms with Gasteiger partial charge in [-0.3, -0.25) is 4.90 Å². The maximum Gasteiger partial charge on any atom is 0.276 e. The predicted molar refractivity (Wildman–Crippen MR) is 70.1 cm³/mol. The zero-order valence-corrected chi connectivity index (χ0v) is 12.1. The Balaban J connectivity index is 2.09. The molecule has 1 aromatic heterocycles. The van der Waals surface area contributed by atoms with Crippen molar-refractivity contribution in [1.29, 1.82) is 0 Å². The van der Waals surface area contributed by atoms with Crippen LogP contribution in [0.15, 0.2) is 21.6 Å². The fraction of sp³-hybridized carbons (Fsp3) is 0.667. The van der Waals surface area contributed by atoms with Crippen LogP contribution in [0.1, 0.15) is 19.6 Å². The molecule has 1 fully saturated rings. The van der Waals surface area contributed by atoms with Gasteiger partial charge in [0.1, 0.15) is 12.4 Å². The molecule has 6 nitrogen and oxygen atoms in total. The number of piperazine rings is 1. The molecule has 1 aliphatic heterocycles. The maximum atomic E-state index is 12.3. The van der Waals surface area contributed by atoms with Crippen LogP contribution in [0.25, 0.3) is 0 Å².